The minimum Gasteiger partial charge on any atom is -0.326 e. The third kappa shape index (κ3) is 3.64. The second-order valence-corrected chi connectivity index (χ2v) is 8.06. The van der Waals surface area contributed by atoms with Crippen LogP contribution in [-0.2, 0) is 16.6 Å². The summed E-state index contributed by atoms with van der Waals surface area (Å²) in [4.78, 5) is -0.277. The van der Waals surface area contributed by atoms with Crippen molar-refractivity contribution in [1.29, 1.82) is 0 Å². The molecule has 1 saturated carbocycles. The number of nitrogens with two attached hydrogens (primary N) is 1. The Bertz CT molecular complexity index is 618. The molecule has 118 valence electrons. The molecule has 0 amide bonds. The molecule has 1 fully saturated rings. The van der Waals surface area contributed by atoms with Crippen LogP contribution in [0.2, 0.25) is 0 Å². The number of sulfonamides is 1. The molecule has 2 rings (SSSR count). The highest BCUT2D eigenvalue weighted by Gasteiger charge is 2.39. The Labute approximate surface area is 133 Å². The lowest BCUT2D eigenvalue weighted by molar-refractivity contribution is 0.392. The van der Waals surface area contributed by atoms with E-state index in [-0.39, 0.29) is 23.0 Å². The molecule has 21 heavy (non-hydrogen) atoms. The van der Waals surface area contributed by atoms with Gasteiger partial charge in [0, 0.05) is 29.2 Å². The van der Waals surface area contributed by atoms with E-state index in [2.05, 4.69) is 15.9 Å². The molecule has 0 bridgehead atoms. The molecule has 0 radical (unpaired) electrons. The van der Waals surface area contributed by atoms with Gasteiger partial charge in [0.25, 0.3) is 0 Å². The largest absolute Gasteiger partial charge is 0.326 e. The summed E-state index contributed by atoms with van der Waals surface area (Å²) in [6.07, 6.45) is 3.37. The fraction of sp³-hybridized carbons (Fsp3) is 0.571. The molecule has 4 nitrogen and oxygen atoms in total. The zero-order valence-electron chi connectivity index (χ0n) is 12.0. The van der Waals surface area contributed by atoms with Crippen molar-refractivity contribution in [3.8, 4) is 0 Å². The van der Waals surface area contributed by atoms with Crippen LogP contribution < -0.4 is 5.73 Å². The van der Waals surface area contributed by atoms with Crippen LogP contribution >= 0.6 is 15.9 Å². The van der Waals surface area contributed by atoms with Gasteiger partial charge >= 0.3 is 0 Å². The van der Waals surface area contributed by atoms with Crippen LogP contribution in [0.4, 0.5) is 4.39 Å². The minimum absolute atomic E-state index is 0.0151. The van der Waals surface area contributed by atoms with Crippen molar-refractivity contribution in [2.75, 3.05) is 6.54 Å². The Morgan fingerprint density at radius 2 is 2.10 bits per heavy atom. The summed E-state index contributed by atoms with van der Waals surface area (Å²) in [5, 5.41) is 0. The van der Waals surface area contributed by atoms with E-state index in [1.165, 1.54) is 16.4 Å². The van der Waals surface area contributed by atoms with Gasteiger partial charge in [-0.1, -0.05) is 29.3 Å². The van der Waals surface area contributed by atoms with Gasteiger partial charge in [-0.2, -0.15) is 4.31 Å². The standard InChI is InChI=1S/C14H20BrFN2O2S/c1-2-3-6-18(12-4-5-12)21(19,20)13-8-11(15)7-10(9-17)14(13)16/h7-8,12H,2-6,9,17H2,1H3. The van der Waals surface area contributed by atoms with Crippen molar-refractivity contribution >= 4 is 26.0 Å². The van der Waals surface area contributed by atoms with E-state index >= 15 is 0 Å². The number of unbranched alkanes of at least 4 members (excludes halogenated alkanes) is 1. The summed E-state index contributed by atoms with van der Waals surface area (Å²) in [5.74, 6) is -0.733. The molecule has 0 aromatic heterocycles. The van der Waals surface area contributed by atoms with Crippen molar-refractivity contribution in [3.05, 3.63) is 28.0 Å². The van der Waals surface area contributed by atoms with Crippen LogP contribution in [0.5, 0.6) is 0 Å². The molecular weight excluding hydrogens is 359 g/mol. The summed E-state index contributed by atoms with van der Waals surface area (Å²) in [6.45, 7) is 2.41. The van der Waals surface area contributed by atoms with Crippen LogP contribution in [-0.4, -0.2) is 25.3 Å². The van der Waals surface area contributed by atoms with E-state index in [9.17, 15) is 12.8 Å². The molecule has 1 aromatic carbocycles. The Morgan fingerprint density at radius 1 is 1.43 bits per heavy atom. The van der Waals surface area contributed by atoms with Gasteiger partial charge in [0.15, 0.2) is 0 Å². The van der Waals surface area contributed by atoms with E-state index in [0.29, 0.717) is 11.0 Å². The van der Waals surface area contributed by atoms with Gasteiger partial charge in [0.1, 0.15) is 10.7 Å². The van der Waals surface area contributed by atoms with Crippen LogP contribution in [0.15, 0.2) is 21.5 Å². The third-order valence-corrected chi connectivity index (χ3v) is 5.98. The summed E-state index contributed by atoms with van der Waals surface area (Å²) >= 11 is 3.23. The maximum atomic E-state index is 14.4. The Hall–Kier alpha value is -0.500. The number of nitrogens with zero attached hydrogens (tertiary/aromatic N) is 1. The molecule has 0 spiro atoms. The first-order chi connectivity index (χ1) is 9.91. The smallest absolute Gasteiger partial charge is 0.246 e. The second-order valence-electron chi connectivity index (χ2n) is 5.28. The quantitative estimate of drug-likeness (QED) is 0.792. The molecule has 1 aliphatic rings. The summed E-state index contributed by atoms with van der Waals surface area (Å²) in [6, 6.07) is 2.86. The normalized spacial score (nSPS) is 15.7. The van der Waals surface area contributed by atoms with Gasteiger partial charge in [0.2, 0.25) is 10.0 Å². The lowest BCUT2D eigenvalue weighted by Crippen LogP contribution is -2.34. The molecule has 1 aromatic rings. The highest BCUT2D eigenvalue weighted by molar-refractivity contribution is 9.10. The number of hydrogen-bond acceptors (Lipinski definition) is 3. The van der Waals surface area contributed by atoms with Crippen molar-refractivity contribution < 1.29 is 12.8 Å². The number of rotatable bonds is 7. The second kappa shape index (κ2) is 6.73. The SMILES string of the molecule is CCCCN(C1CC1)S(=O)(=O)c1cc(Br)cc(CN)c1F. The summed E-state index contributed by atoms with van der Waals surface area (Å²) < 4.78 is 41.9. The molecule has 1 aliphatic carbocycles. The molecule has 0 unspecified atom stereocenters. The lowest BCUT2D eigenvalue weighted by Gasteiger charge is -2.22. The predicted octanol–water partition coefficient (Wildman–Crippen LogP) is 3.00. The van der Waals surface area contributed by atoms with E-state index in [4.69, 9.17) is 5.73 Å². The van der Waals surface area contributed by atoms with Crippen LogP contribution in [0.3, 0.4) is 0 Å². The first kappa shape index (κ1) is 16.9. The molecule has 0 atom stereocenters. The number of halogens is 2. The molecule has 2 N–H and O–H groups in total. The summed E-state index contributed by atoms with van der Waals surface area (Å²) in [7, 11) is -3.82. The monoisotopic (exact) mass is 378 g/mol. The highest BCUT2D eigenvalue weighted by atomic mass is 79.9. The molecule has 0 saturated heterocycles. The van der Waals surface area contributed by atoms with E-state index in [0.717, 1.165) is 25.7 Å². The van der Waals surface area contributed by atoms with Gasteiger partial charge in [-0.3, -0.25) is 0 Å². The molecular formula is C14H20BrFN2O2S. The van der Waals surface area contributed by atoms with Crippen molar-refractivity contribution in [1.82, 2.24) is 4.31 Å². The van der Waals surface area contributed by atoms with Gasteiger partial charge < -0.3 is 5.73 Å². The first-order valence-electron chi connectivity index (χ1n) is 7.11. The average molecular weight is 379 g/mol. The maximum Gasteiger partial charge on any atom is 0.246 e. The zero-order chi connectivity index (χ0) is 15.6. The highest BCUT2D eigenvalue weighted by Crippen LogP contribution is 2.34. The van der Waals surface area contributed by atoms with Crippen LogP contribution in [0.25, 0.3) is 0 Å². The zero-order valence-corrected chi connectivity index (χ0v) is 14.4. The Balaban J connectivity index is 2.44. The van der Waals surface area contributed by atoms with Crippen LogP contribution in [0.1, 0.15) is 38.2 Å². The van der Waals surface area contributed by atoms with Crippen molar-refractivity contribution in [2.45, 2.75) is 50.1 Å². The van der Waals surface area contributed by atoms with Gasteiger partial charge in [-0.25, -0.2) is 12.8 Å². The minimum atomic E-state index is -3.82. The maximum absolute atomic E-state index is 14.4. The fourth-order valence-electron chi connectivity index (χ4n) is 2.26. The van der Waals surface area contributed by atoms with Crippen LogP contribution in [0, 0.1) is 5.82 Å². The van der Waals surface area contributed by atoms with Crippen molar-refractivity contribution in [3.63, 3.8) is 0 Å². The van der Waals surface area contributed by atoms with Crippen molar-refractivity contribution in [2.24, 2.45) is 5.73 Å². The van der Waals surface area contributed by atoms with E-state index < -0.39 is 15.8 Å². The first-order valence-corrected chi connectivity index (χ1v) is 9.35. The third-order valence-electron chi connectivity index (χ3n) is 3.57. The van der Waals surface area contributed by atoms with E-state index in [1.54, 1.807) is 0 Å². The molecule has 0 heterocycles. The number of benzene rings is 1. The van der Waals surface area contributed by atoms with E-state index in [1.807, 2.05) is 6.92 Å². The Kier molecular flexibility index (Phi) is 5.40. The summed E-state index contributed by atoms with van der Waals surface area (Å²) in [5.41, 5.74) is 5.69. The topological polar surface area (TPSA) is 63.4 Å². The van der Waals surface area contributed by atoms with Gasteiger partial charge in [0.05, 0.1) is 0 Å². The number of hydrogen-bond donors (Lipinski definition) is 1. The van der Waals surface area contributed by atoms with Gasteiger partial charge in [-0.05, 0) is 31.4 Å². The predicted molar refractivity (Wildman–Crippen MR) is 83.8 cm³/mol. The average Bonchev–Trinajstić information content (AvgIpc) is 3.25. The fourth-order valence-corrected chi connectivity index (χ4v) is 4.77. The molecule has 0 aliphatic heterocycles. The van der Waals surface area contributed by atoms with Gasteiger partial charge in [-0.15, -0.1) is 0 Å². The molecule has 7 heteroatoms. The lowest BCUT2D eigenvalue weighted by atomic mass is 10.2. The Morgan fingerprint density at radius 3 is 2.62 bits per heavy atom.